The Hall–Kier alpha value is -5.30. The van der Waals surface area contributed by atoms with Gasteiger partial charge < -0.3 is 40.9 Å². The number of aryl methyl sites for hydroxylation is 2. The number of hydrogen-bond donors (Lipinski definition) is 8. The summed E-state index contributed by atoms with van der Waals surface area (Å²) in [6.07, 6.45) is 2.78. The normalized spacial score (nSPS) is 11.3. The third kappa shape index (κ3) is 5.42. The topological polar surface area (TPSA) is 190 Å². The van der Waals surface area contributed by atoms with E-state index in [1.54, 1.807) is 39.8 Å². The molecule has 0 aliphatic rings. The van der Waals surface area contributed by atoms with Crippen molar-refractivity contribution in [3.63, 3.8) is 0 Å². The fourth-order valence-electron chi connectivity index (χ4n) is 6.08. The highest BCUT2D eigenvalue weighted by Gasteiger charge is 2.31. The van der Waals surface area contributed by atoms with Gasteiger partial charge in [-0.2, -0.15) is 0 Å². The lowest BCUT2D eigenvalue weighted by Crippen LogP contribution is -2.04. The number of phenols is 6. The van der Waals surface area contributed by atoms with E-state index >= 15 is 0 Å². The van der Waals surface area contributed by atoms with Gasteiger partial charge in [-0.1, -0.05) is 63.0 Å². The Morgan fingerprint density at radius 3 is 1.20 bits per heavy atom. The predicted molar refractivity (Wildman–Crippen MR) is 185 cm³/mol. The summed E-state index contributed by atoms with van der Waals surface area (Å²) in [7, 11) is 0. The first-order valence-corrected chi connectivity index (χ1v) is 15.2. The number of aliphatic hydroxyl groups excluding tert-OH is 2. The van der Waals surface area contributed by atoms with Crippen molar-refractivity contribution in [2.45, 2.75) is 80.1 Å². The molecule has 0 bridgehead atoms. The Kier molecular flexibility index (Phi) is 9.20. The zero-order valence-electron chi connectivity index (χ0n) is 27.4. The fourth-order valence-corrected chi connectivity index (χ4v) is 6.08. The number of nitrogens with zero attached hydrogens (tertiary/aromatic N) is 2. The molecule has 0 heterocycles. The SMILES string of the molecule is CCC(O)=[N+]=Cc1c(O)c(O)c(C(C)C)c2cc(C)c(-c3c(C)cc4c(C(C)C)c(O)c(O)c(C=[N+]=C(O)CC)c4c3O)c(O)c12. The molecule has 242 valence electrons. The van der Waals surface area contributed by atoms with Crippen LogP contribution in [0.4, 0.5) is 0 Å². The summed E-state index contributed by atoms with van der Waals surface area (Å²) in [4.78, 5) is 0. The van der Waals surface area contributed by atoms with Gasteiger partial charge in [0, 0.05) is 33.0 Å². The van der Waals surface area contributed by atoms with E-state index in [4.69, 9.17) is 0 Å². The molecule has 10 heteroatoms. The van der Waals surface area contributed by atoms with Gasteiger partial charge in [0.05, 0.1) is 12.8 Å². The van der Waals surface area contributed by atoms with E-state index in [0.717, 1.165) is 0 Å². The van der Waals surface area contributed by atoms with Crippen LogP contribution in [0.15, 0.2) is 12.1 Å². The summed E-state index contributed by atoms with van der Waals surface area (Å²) in [5, 5.41) is 89.7. The van der Waals surface area contributed by atoms with Crippen LogP contribution in [-0.2, 0) is 0 Å². The Bertz CT molecular complexity index is 1900. The second-order valence-corrected chi connectivity index (χ2v) is 12.1. The predicted octanol–water partition coefficient (Wildman–Crippen LogP) is 6.46. The molecule has 8 N–H and O–H groups in total. The van der Waals surface area contributed by atoms with Gasteiger partial charge in [0.2, 0.25) is 0 Å². The lowest BCUT2D eigenvalue weighted by Gasteiger charge is -2.22. The van der Waals surface area contributed by atoms with E-state index in [0.29, 0.717) is 33.0 Å². The Balaban J connectivity index is 2.31. The molecule has 0 radical (unpaired) electrons. The van der Waals surface area contributed by atoms with Gasteiger partial charge in [0.1, 0.15) is 22.6 Å². The van der Waals surface area contributed by atoms with Gasteiger partial charge in [0.25, 0.3) is 0 Å². The Labute approximate surface area is 267 Å². The maximum Gasteiger partial charge on any atom is 0.459 e. The van der Waals surface area contributed by atoms with Gasteiger partial charge in [-0.25, -0.2) is 0 Å². The van der Waals surface area contributed by atoms with Crippen LogP contribution in [0.25, 0.3) is 32.7 Å². The summed E-state index contributed by atoms with van der Waals surface area (Å²) < 4.78 is 8.01. The molecular weight excluding hydrogens is 588 g/mol. The minimum Gasteiger partial charge on any atom is -0.507 e. The van der Waals surface area contributed by atoms with Gasteiger partial charge in [-0.15, -0.1) is 0 Å². The molecule has 0 saturated carbocycles. The van der Waals surface area contributed by atoms with E-state index in [-0.39, 0.29) is 92.5 Å². The van der Waals surface area contributed by atoms with Crippen LogP contribution in [0.5, 0.6) is 34.5 Å². The average molecular weight is 631 g/mol. The van der Waals surface area contributed by atoms with Gasteiger partial charge in [-0.3, -0.25) is 0 Å². The van der Waals surface area contributed by atoms with E-state index in [1.807, 2.05) is 27.7 Å². The average Bonchev–Trinajstić information content (AvgIpc) is 2.98. The third-order valence-corrected chi connectivity index (χ3v) is 8.31. The van der Waals surface area contributed by atoms with Crippen molar-refractivity contribution < 1.29 is 40.9 Å². The van der Waals surface area contributed by atoms with Crippen molar-refractivity contribution in [3.8, 4) is 45.6 Å². The molecule has 0 fully saturated rings. The van der Waals surface area contributed by atoms with Crippen LogP contribution in [0.3, 0.4) is 0 Å². The lowest BCUT2D eigenvalue weighted by molar-refractivity contribution is 0.398. The van der Waals surface area contributed by atoms with Crippen LogP contribution in [0.1, 0.15) is 99.6 Å². The number of rotatable bonds is 7. The summed E-state index contributed by atoms with van der Waals surface area (Å²) in [5.41, 5.74) is 2.21. The number of aliphatic hydroxyl groups is 2. The zero-order valence-corrected chi connectivity index (χ0v) is 27.4. The molecule has 0 aliphatic heterocycles. The third-order valence-electron chi connectivity index (χ3n) is 8.31. The van der Waals surface area contributed by atoms with E-state index < -0.39 is 11.5 Å². The summed E-state index contributed by atoms with van der Waals surface area (Å²) >= 11 is 0. The summed E-state index contributed by atoms with van der Waals surface area (Å²) in [6.45, 7) is 14.2. The first-order valence-electron chi connectivity index (χ1n) is 15.2. The van der Waals surface area contributed by atoms with Crippen molar-refractivity contribution in [2.75, 3.05) is 0 Å². The second-order valence-electron chi connectivity index (χ2n) is 12.1. The molecule has 4 rings (SSSR count). The van der Waals surface area contributed by atoms with Gasteiger partial charge in [0.15, 0.2) is 23.0 Å². The lowest BCUT2D eigenvalue weighted by atomic mass is 9.83. The quantitative estimate of drug-likeness (QED) is 0.0494. The molecule has 10 nitrogen and oxygen atoms in total. The smallest absolute Gasteiger partial charge is 0.459 e. The Morgan fingerprint density at radius 1 is 0.587 bits per heavy atom. The first-order chi connectivity index (χ1) is 21.6. The molecule has 4 aromatic rings. The second kappa shape index (κ2) is 12.6. The van der Waals surface area contributed by atoms with Crippen molar-refractivity contribution >= 4 is 45.8 Å². The highest BCUT2D eigenvalue weighted by molar-refractivity contribution is 6.15. The van der Waals surface area contributed by atoms with Crippen LogP contribution < -0.4 is 9.34 Å². The van der Waals surface area contributed by atoms with Crippen LogP contribution >= 0.6 is 0 Å². The molecule has 0 unspecified atom stereocenters. The summed E-state index contributed by atoms with van der Waals surface area (Å²) in [6, 6.07) is 3.49. The number of phenolic OH excluding ortho intramolecular Hbond substituents is 6. The number of hydrogen-bond acceptors (Lipinski definition) is 6. The van der Waals surface area contributed by atoms with Crippen molar-refractivity contribution in [1.82, 2.24) is 9.34 Å². The molecule has 0 atom stereocenters. The molecule has 0 aromatic heterocycles. The van der Waals surface area contributed by atoms with E-state index in [9.17, 15) is 40.9 Å². The minimum atomic E-state index is -0.527. The van der Waals surface area contributed by atoms with E-state index in [1.165, 1.54) is 12.4 Å². The monoisotopic (exact) mass is 630 g/mol. The molecule has 4 aromatic carbocycles. The van der Waals surface area contributed by atoms with Crippen LogP contribution in [0, 0.1) is 13.8 Å². The number of aromatic hydroxyl groups is 6. The van der Waals surface area contributed by atoms with Crippen molar-refractivity contribution in [3.05, 3.63) is 45.5 Å². The maximum absolute atomic E-state index is 12.1. The van der Waals surface area contributed by atoms with E-state index in [2.05, 4.69) is 9.34 Å². The van der Waals surface area contributed by atoms with Crippen molar-refractivity contribution in [1.29, 1.82) is 0 Å². The largest absolute Gasteiger partial charge is 0.507 e. The Morgan fingerprint density at radius 2 is 0.913 bits per heavy atom. The fraction of sp³-hybridized carbons (Fsp3) is 0.333. The highest BCUT2D eigenvalue weighted by atomic mass is 16.3. The van der Waals surface area contributed by atoms with Crippen LogP contribution in [-0.4, -0.2) is 65.1 Å². The molecule has 0 amide bonds. The standard InChI is InChI=1S/C36H40N2O8/c1-9-23(39)37-13-21-29-19(25(15(3)4)35(45)31(21)41)11-17(7)27(33(29)43)28-18(8)12-20-26(16(5)6)36(46)32(42)22(30(20)34(28)44)14-38-24(40)10-2/h11-16H,9-10H2,1-8H3,(H6,37,38,39,40,41,42,43,44,45,46)/p+2. The minimum absolute atomic E-state index is 0.0309. The molecule has 0 saturated heterocycles. The van der Waals surface area contributed by atoms with Crippen molar-refractivity contribution in [2.24, 2.45) is 0 Å². The van der Waals surface area contributed by atoms with Gasteiger partial charge in [-0.05, 0) is 47.6 Å². The highest BCUT2D eigenvalue weighted by Crippen LogP contribution is 2.54. The first kappa shape index (κ1) is 33.6. The molecular formula is C36H42N2O8+2. The number of fused-ring (bicyclic) bond motifs is 2. The molecule has 46 heavy (non-hydrogen) atoms. The summed E-state index contributed by atoms with van der Waals surface area (Å²) in [5.74, 6) is -3.41. The zero-order chi connectivity index (χ0) is 34.4. The maximum atomic E-state index is 12.1. The molecule has 0 spiro atoms. The molecule has 0 aliphatic carbocycles. The van der Waals surface area contributed by atoms with Gasteiger partial charge >= 0.3 is 24.2 Å². The van der Waals surface area contributed by atoms with Crippen LogP contribution in [0.2, 0.25) is 0 Å². The number of benzene rings is 4.